The fourth-order valence-corrected chi connectivity index (χ4v) is 1.85. The van der Waals surface area contributed by atoms with Gasteiger partial charge in [0.2, 0.25) is 5.91 Å². The molecule has 0 aliphatic rings. The van der Waals surface area contributed by atoms with Crippen LogP contribution < -0.4 is 10.1 Å². The zero-order chi connectivity index (χ0) is 16.2. The fourth-order valence-electron chi connectivity index (χ4n) is 1.47. The Kier molecular flexibility index (Phi) is 8.77. The molecule has 0 fully saturated rings. The van der Waals surface area contributed by atoms with Crippen molar-refractivity contribution in [2.75, 3.05) is 19.8 Å². The first-order chi connectivity index (χ1) is 10.6. The Morgan fingerprint density at radius 3 is 2.82 bits per heavy atom. The maximum absolute atomic E-state index is 11.4. The molecule has 0 bridgehead atoms. The number of halogens is 1. The van der Waals surface area contributed by atoms with Gasteiger partial charge in [0.05, 0.1) is 19.6 Å². The minimum atomic E-state index is -0.369. The summed E-state index contributed by atoms with van der Waals surface area (Å²) in [6.07, 6.45) is 0.189. The number of nitrogens with one attached hydrogen (secondary N) is 1. The van der Waals surface area contributed by atoms with Crippen molar-refractivity contribution in [3.63, 3.8) is 0 Å². The Labute approximate surface area is 138 Å². The van der Waals surface area contributed by atoms with Gasteiger partial charge in [0, 0.05) is 10.9 Å². The van der Waals surface area contributed by atoms with E-state index in [2.05, 4.69) is 33.1 Å². The third-order valence-corrected chi connectivity index (χ3v) is 2.96. The zero-order valence-electron chi connectivity index (χ0n) is 12.4. The minimum absolute atomic E-state index is 0.0824. The van der Waals surface area contributed by atoms with Crippen LogP contribution in [0.4, 0.5) is 0 Å². The molecule has 0 spiro atoms. The van der Waals surface area contributed by atoms with Crippen LogP contribution in [0.5, 0.6) is 5.75 Å². The Bertz CT molecular complexity index is 563. The van der Waals surface area contributed by atoms with E-state index in [9.17, 15) is 9.59 Å². The summed E-state index contributed by atoms with van der Waals surface area (Å²) in [5, 5.41) is 2.60. The van der Waals surface area contributed by atoms with Crippen LogP contribution in [0.25, 0.3) is 0 Å². The number of carbonyl (C=O) groups is 2. The molecule has 118 valence electrons. The predicted molar refractivity (Wildman–Crippen MR) is 86.3 cm³/mol. The summed E-state index contributed by atoms with van der Waals surface area (Å²) < 4.78 is 11.1. The Hall–Kier alpha value is -2.00. The number of amides is 1. The fraction of sp³-hybridized carbons (Fsp3) is 0.375. The zero-order valence-corrected chi connectivity index (χ0v) is 13.9. The molecule has 5 nitrogen and oxygen atoms in total. The van der Waals surface area contributed by atoms with Gasteiger partial charge in [-0.3, -0.25) is 9.59 Å². The number of rotatable bonds is 7. The molecular weight excluding hydrogens is 350 g/mol. The summed E-state index contributed by atoms with van der Waals surface area (Å²) in [4.78, 5) is 22.5. The second-order valence-corrected chi connectivity index (χ2v) is 5.10. The van der Waals surface area contributed by atoms with E-state index in [0.717, 1.165) is 10.2 Å². The first-order valence-electron chi connectivity index (χ1n) is 6.88. The Morgan fingerprint density at radius 2 is 2.09 bits per heavy atom. The molecule has 1 aromatic rings. The van der Waals surface area contributed by atoms with Gasteiger partial charge in [0.15, 0.2) is 0 Å². The van der Waals surface area contributed by atoms with Crippen LogP contribution in [-0.2, 0) is 14.3 Å². The number of hydrogen-bond acceptors (Lipinski definition) is 4. The van der Waals surface area contributed by atoms with Crippen molar-refractivity contribution in [1.82, 2.24) is 5.32 Å². The highest BCUT2D eigenvalue weighted by molar-refractivity contribution is 9.10. The molecule has 1 amide bonds. The van der Waals surface area contributed by atoms with Gasteiger partial charge in [0.1, 0.15) is 12.4 Å². The molecular formula is C16H18BrNO4. The van der Waals surface area contributed by atoms with E-state index in [0.29, 0.717) is 6.61 Å². The molecule has 1 rings (SSSR count). The van der Waals surface area contributed by atoms with Crippen LogP contribution in [-0.4, -0.2) is 31.6 Å². The Balaban J connectivity index is 2.14. The molecule has 0 radical (unpaired) electrons. The average Bonchev–Trinajstić information content (AvgIpc) is 2.49. The highest BCUT2D eigenvalue weighted by atomic mass is 79.9. The molecule has 6 heteroatoms. The number of hydrogen-bond donors (Lipinski definition) is 1. The normalized spacial score (nSPS) is 9.36. The van der Waals surface area contributed by atoms with Crippen LogP contribution >= 0.6 is 15.9 Å². The topological polar surface area (TPSA) is 64.6 Å². The van der Waals surface area contributed by atoms with E-state index in [4.69, 9.17) is 9.47 Å². The molecule has 0 aliphatic carbocycles. The van der Waals surface area contributed by atoms with Crippen molar-refractivity contribution in [1.29, 1.82) is 0 Å². The van der Waals surface area contributed by atoms with Crippen LogP contribution in [0, 0.1) is 11.8 Å². The second-order valence-electron chi connectivity index (χ2n) is 4.18. The van der Waals surface area contributed by atoms with Crippen molar-refractivity contribution >= 4 is 27.8 Å². The van der Waals surface area contributed by atoms with Crippen molar-refractivity contribution in [2.45, 2.75) is 19.8 Å². The quantitative estimate of drug-likeness (QED) is 0.593. The lowest BCUT2D eigenvalue weighted by atomic mass is 10.3. The summed E-state index contributed by atoms with van der Waals surface area (Å²) in [5.74, 6) is 5.71. The van der Waals surface area contributed by atoms with E-state index >= 15 is 0 Å². The third-order valence-electron chi connectivity index (χ3n) is 2.47. The van der Waals surface area contributed by atoms with Gasteiger partial charge < -0.3 is 14.8 Å². The maximum atomic E-state index is 11.4. The van der Waals surface area contributed by atoms with Gasteiger partial charge in [-0.15, -0.1) is 0 Å². The Morgan fingerprint density at radius 1 is 1.27 bits per heavy atom. The summed E-state index contributed by atoms with van der Waals surface area (Å²) in [5.41, 5.74) is 0. The number of ether oxygens (including phenoxy) is 2. The van der Waals surface area contributed by atoms with Crippen LogP contribution in [0.3, 0.4) is 0 Å². The molecule has 0 heterocycles. The van der Waals surface area contributed by atoms with Crippen LogP contribution in [0.1, 0.15) is 19.8 Å². The number of esters is 1. The number of benzene rings is 1. The first-order valence-corrected chi connectivity index (χ1v) is 7.67. The van der Waals surface area contributed by atoms with Crippen molar-refractivity contribution in [3.05, 3.63) is 28.7 Å². The van der Waals surface area contributed by atoms with Gasteiger partial charge in [-0.2, -0.15) is 0 Å². The second kappa shape index (κ2) is 10.7. The highest BCUT2D eigenvalue weighted by Gasteiger charge is 2.05. The molecule has 0 saturated carbocycles. The molecule has 0 aliphatic heterocycles. The van der Waals surface area contributed by atoms with Gasteiger partial charge in [0.25, 0.3) is 0 Å². The maximum Gasteiger partial charge on any atom is 0.306 e. The van der Waals surface area contributed by atoms with Crippen LogP contribution in [0.15, 0.2) is 28.7 Å². The third kappa shape index (κ3) is 8.32. The van der Waals surface area contributed by atoms with Crippen molar-refractivity contribution < 1.29 is 19.1 Å². The van der Waals surface area contributed by atoms with Gasteiger partial charge in [-0.05, 0) is 25.1 Å². The standard InChI is InChI=1S/C16H18BrNO4/c1-2-21-16(20)9-8-15(19)18-10-3-4-11-22-14-7-5-6-13(17)12-14/h5-7,12H,2,8-11H2,1H3,(H,18,19). The van der Waals surface area contributed by atoms with E-state index in [-0.39, 0.29) is 37.9 Å². The minimum Gasteiger partial charge on any atom is -0.481 e. The summed E-state index contributed by atoms with van der Waals surface area (Å²) in [6.45, 7) is 2.52. The molecule has 0 unspecified atom stereocenters. The molecule has 22 heavy (non-hydrogen) atoms. The molecule has 1 N–H and O–H groups in total. The van der Waals surface area contributed by atoms with Gasteiger partial charge in [-0.1, -0.05) is 33.8 Å². The smallest absolute Gasteiger partial charge is 0.306 e. The first kappa shape index (κ1) is 18.1. The lowest BCUT2D eigenvalue weighted by Crippen LogP contribution is -2.24. The average molecular weight is 368 g/mol. The van der Waals surface area contributed by atoms with Crippen LogP contribution in [0.2, 0.25) is 0 Å². The van der Waals surface area contributed by atoms with Crippen molar-refractivity contribution in [3.8, 4) is 17.6 Å². The molecule has 0 saturated heterocycles. The molecule has 1 aromatic carbocycles. The van der Waals surface area contributed by atoms with E-state index in [1.165, 1.54) is 0 Å². The lowest BCUT2D eigenvalue weighted by Gasteiger charge is -2.02. The molecule has 0 atom stereocenters. The monoisotopic (exact) mass is 367 g/mol. The van der Waals surface area contributed by atoms with E-state index in [1.54, 1.807) is 6.92 Å². The summed E-state index contributed by atoms with van der Waals surface area (Å²) >= 11 is 3.35. The van der Waals surface area contributed by atoms with Crippen molar-refractivity contribution in [2.24, 2.45) is 0 Å². The molecule has 0 aromatic heterocycles. The lowest BCUT2D eigenvalue weighted by molar-refractivity contribution is -0.144. The van der Waals surface area contributed by atoms with Gasteiger partial charge >= 0.3 is 5.97 Å². The predicted octanol–water partition coefficient (Wildman–Crippen LogP) is 2.29. The largest absolute Gasteiger partial charge is 0.481 e. The van der Waals surface area contributed by atoms with E-state index < -0.39 is 0 Å². The number of carbonyl (C=O) groups excluding carboxylic acids is 2. The highest BCUT2D eigenvalue weighted by Crippen LogP contribution is 2.17. The summed E-state index contributed by atoms with van der Waals surface area (Å²) in [7, 11) is 0. The summed E-state index contributed by atoms with van der Waals surface area (Å²) in [6, 6.07) is 7.46. The van der Waals surface area contributed by atoms with E-state index in [1.807, 2.05) is 24.3 Å². The van der Waals surface area contributed by atoms with Gasteiger partial charge in [-0.25, -0.2) is 0 Å². The SMILES string of the molecule is CCOC(=O)CCC(=O)NCC#CCOc1cccc(Br)c1.